The molecule has 2 atom stereocenters. The Morgan fingerprint density at radius 2 is 2.07 bits per heavy atom. The second-order valence-electron chi connectivity index (χ2n) is 2.73. The topological polar surface area (TPSA) is 55.5 Å². The van der Waals surface area contributed by atoms with E-state index < -0.39 is 5.69 Å². The summed E-state index contributed by atoms with van der Waals surface area (Å²) in [5.41, 5.74) is 3.45. The smallest absolute Gasteiger partial charge is 0.242 e. The normalized spacial score (nSPS) is 17.4. The van der Waals surface area contributed by atoms with Crippen LogP contribution in [0.2, 0.25) is 0 Å². The van der Waals surface area contributed by atoms with Gasteiger partial charge in [-0.1, -0.05) is 42.6 Å². The van der Waals surface area contributed by atoms with Gasteiger partial charge < -0.3 is 15.2 Å². The number of nitrogens with two attached hydrogens (primary N) is 1. The van der Waals surface area contributed by atoms with Crippen LogP contribution in [0.1, 0.15) is 11.7 Å². The van der Waals surface area contributed by atoms with Crippen LogP contribution in [0.15, 0.2) is 30.3 Å². The molecule has 0 aliphatic heterocycles. The van der Waals surface area contributed by atoms with Gasteiger partial charge in [0.05, 0.1) is 0 Å². The fourth-order valence-electron chi connectivity index (χ4n) is 1.07. The lowest BCUT2D eigenvalue weighted by Gasteiger charge is -2.19. The first-order chi connectivity index (χ1) is 6.53. The molecule has 0 heterocycles. The number of benzene rings is 1. The van der Waals surface area contributed by atoms with Crippen LogP contribution in [-0.2, 0) is 16.3 Å². The van der Waals surface area contributed by atoms with Crippen LogP contribution in [-0.4, -0.2) is 11.4 Å². The van der Waals surface area contributed by atoms with Crippen molar-refractivity contribution in [3.05, 3.63) is 35.9 Å². The Morgan fingerprint density at radius 1 is 1.50 bits per heavy atom. The lowest BCUT2D eigenvalue weighted by Crippen LogP contribution is -2.13. The molecule has 0 saturated heterocycles. The van der Waals surface area contributed by atoms with Crippen molar-refractivity contribution in [3.8, 4) is 0 Å². The number of thiol groups is 1. The zero-order chi connectivity index (χ0) is 10.6. The van der Waals surface area contributed by atoms with E-state index in [4.69, 9.17) is 10.3 Å². The molecule has 0 saturated carbocycles. The highest BCUT2D eigenvalue weighted by atomic mass is 32.9. The van der Waals surface area contributed by atoms with E-state index in [1.54, 1.807) is 0 Å². The fraction of sp³-hybridized carbons (Fsp3) is 0.250. The molecule has 3 nitrogen and oxygen atoms in total. The SMILES string of the molecule is NCC(OP(O)(=S)S)c1ccccc1. The van der Waals surface area contributed by atoms with Gasteiger partial charge in [-0.3, -0.25) is 0 Å². The van der Waals surface area contributed by atoms with Crippen LogP contribution < -0.4 is 5.73 Å². The van der Waals surface area contributed by atoms with Gasteiger partial charge in [-0.15, -0.1) is 0 Å². The summed E-state index contributed by atoms with van der Waals surface area (Å²) in [6.07, 6.45) is -0.385. The number of rotatable bonds is 4. The second-order valence-corrected chi connectivity index (χ2v) is 7.85. The largest absolute Gasteiger partial charge is 0.338 e. The molecule has 1 aromatic rings. The average Bonchev–Trinajstić information content (AvgIpc) is 2.14. The molecule has 0 aliphatic carbocycles. The van der Waals surface area contributed by atoms with Gasteiger partial charge in [0, 0.05) is 6.54 Å². The van der Waals surface area contributed by atoms with Crippen molar-refractivity contribution in [2.45, 2.75) is 6.10 Å². The average molecular weight is 249 g/mol. The van der Waals surface area contributed by atoms with Crippen LogP contribution >= 0.6 is 17.9 Å². The summed E-state index contributed by atoms with van der Waals surface area (Å²) in [6, 6.07) is 9.39. The molecule has 2 unspecified atom stereocenters. The van der Waals surface area contributed by atoms with Crippen molar-refractivity contribution < 1.29 is 9.42 Å². The predicted octanol–water partition coefficient (Wildman–Crippen LogP) is 1.85. The van der Waals surface area contributed by atoms with Crippen LogP contribution in [0, 0.1) is 0 Å². The van der Waals surface area contributed by atoms with Gasteiger partial charge in [0.2, 0.25) is 5.69 Å². The van der Waals surface area contributed by atoms with E-state index in [0.29, 0.717) is 0 Å². The first-order valence-corrected chi connectivity index (χ1v) is 7.84. The van der Waals surface area contributed by atoms with E-state index in [-0.39, 0.29) is 12.6 Å². The lowest BCUT2D eigenvalue weighted by molar-refractivity contribution is 0.221. The van der Waals surface area contributed by atoms with Gasteiger partial charge in [0.25, 0.3) is 0 Å². The molecule has 0 spiro atoms. The molecule has 1 rings (SSSR count). The summed E-state index contributed by atoms with van der Waals surface area (Å²) in [6.45, 7) is 0.267. The summed E-state index contributed by atoms with van der Waals surface area (Å²) >= 11 is 8.48. The Hall–Kier alpha value is 0.100. The van der Waals surface area contributed by atoms with Gasteiger partial charge >= 0.3 is 0 Å². The molecule has 14 heavy (non-hydrogen) atoms. The van der Waals surface area contributed by atoms with E-state index in [9.17, 15) is 4.89 Å². The van der Waals surface area contributed by atoms with Gasteiger partial charge in [0.1, 0.15) is 6.10 Å². The second kappa shape index (κ2) is 5.26. The quantitative estimate of drug-likeness (QED) is 0.563. The minimum atomic E-state index is -2.96. The Bertz CT molecular complexity index is 327. The summed E-state index contributed by atoms with van der Waals surface area (Å²) in [4.78, 5) is 9.29. The molecule has 0 aliphatic rings. The molecule has 0 fully saturated rings. The molecular weight excluding hydrogens is 237 g/mol. The summed E-state index contributed by atoms with van der Waals surface area (Å²) in [7, 11) is 0. The predicted molar refractivity (Wildman–Crippen MR) is 64.8 cm³/mol. The molecule has 3 N–H and O–H groups in total. The minimum absolute atomic E-state index is 0.267. The van der Waals surface area contributed by atoms with Gasteiger partial charge in [0.15, 0.2) is 0 Å². The van der Waals surface area contributed by atoms with Crippen molar-refractivity contribution in [1.29, 1.82) is 0 Å². The van der Waals surface area contributed by atoms with Crippen LogP contribution in [0.5, 0.6) is 0 Å². The Morgan fingerprint density at radius 3 is 2.50 bits per heavy atom. The molecule has 78 valence electrons. The fourth-order valence-corrected chi connectivity index (χ4v) is 2.27. The molecule has 0 aromatic heterocycles. The van der Waals surface area contributed by atoms with E-state index in [1.165, 1.54) is 0 Å². The number of hydrogen-bond donors (Lipinski definition) is 3. The minimum Gasteiger partial charge on any atom is -0.338 e. The zero-order valence-electron chi connectivity index (χ0n) is 7.41. The molecule has 1 aromatic carbocycles. The third-order valence-corrected chi connectivity index (χ3v) is 2.72. The zero-order valence-corrected chi connectivity index (χ0v) is 10.0. The third kappa shape index (κ3) is 4.09. The Kier molecular flexibility index (Phi) is 4.57. The maximum Gasteiger partial charge on any atom is 0.242 e. The summed E-state index contributed by atoms with van der Waals surface area (Å²) < 4.78 is 5.19. The van der Waals surface area contributed by atoms with Gasteiger partial charge in [-0.25, -0.2) is 0 Å². The molecule has 6 heteroatoms. The van der Waals surface area contributed by atoms with Crippen molar-refractivity contribution in [2.75, 3.05) is 6.54 Å². The van der Waals surface area contributed by atoms with Crippen LogP contribution in [0.3, 0.4) is 0 Å². The molecule has 0 radical (unpaired) electrons. The first kappa shape index (κ1) is 12.2. The lowest BCUT2D eigenvalue weighted by atomic mass is 10.1. The highest BCUT2D eigenvalue weighted by molar-refractivity contribution is 8.59. The van der Waals surface area contributed by atoms with Gasteiger partial charge in [-0.05, 0) is 17.4 Å². The standard InChI is InChI=1S/C8H12NO2PS2/c9-6-8(11-12(10,13)14)7-4-2-1-3-5-7/h1-5,8H,6,9H2,(H2,10,13,14). The summed E-state index contributed by atoms with van der Waals surface area (Å²) in [5.74, 6) is 0. The van der Waals surface area contributed by atoms with Crippen molar-refractivity contribution in [3.63, 3.8) is 0 Å². The van der Waals surface area contributed by atoms with Crippen molar-refractivity contribution in [2.24, 2.45) is 5.73 Å². The summed E-state index contributed by atoms with van der Waals surface area (Å²) in [5, 5.41) is 0. The maximum absolute atomic E-state index is 9.29. The van der Waals surface area contributed by atoms with E-state index >= 15 is 0 Å². The van der Waals surface area contributed by atoms with Crippen molar-refractivity contribution in [1.82, 2.24) is 0 Å². The Balaban J connectivity index is 2.78. The molecule has 0 amide bonds. The number of hydrogen-bond acceptors (Lipinski definition) is 3. The van der Waals surface area contributed by atoms with E-state index in [2.05, 4.69) is 24.1 Å². The van der Waals surface area contributed by atoms with Crippen molar-refractivity contribution >= 4 is 29.7 Å². The third-order valence-electron chi connectivity index (χ3n) is 1.65. The van der Waals surface area contributed by atoms with E-state index in [0.717, 1.165) is 5.56 Å². The van der Waals surface area contributed by atoms with Crippen LogP contribution in [0.25, 0.3) is 0 Å². The highest BCUT2D eigenvalue weighted by Gasteiger charge is 2.16. The highest BCUT2D eigenvalue weighted by Crippen LogP contribution is 2.51. The molecule has 0 bridgehead atoms. The Labute approximate surface area is 93.6 Å². The maximum atomic E-state index is 9.29. The first-order valence-electron chi connectivity index (χ1n) is 4.02. The monoisotopic (exact) mass is 249 g/mol. The van der Waals surface area contributed by atoms with E-state index in [1.807, 2.05) is 30.3 Å². The van der Waals surface area contributed by atoms with Gasteiger partial charge in [-0.2, -0.15) is 0 Å². The van der Waals surface area contributed by atoms with Crippen LogP contribution in [0.4, 0.5) is 0 Å². The molecular formula is C8H12NO2PS2.